The molecule has 34 heavy (non-hydrogen) atoms. The number of unbranched alkanes of at least 4 members (excludes halogenated alkanes) is 3. The van der Waals surface area contributed by atoms with Gasteiger partial charge in [0.1, 0.15) is 11.0 Å². The minimum Gasteiger partial charge on any atom is -0.494 e. The molecule has 3 rings (SSSR count). The van der Waals surface area contributed by atoms with Crippen molar-refractivity contribution in [3.63, 3.8) is 0 Å². The van der Waals surface area contributed by atoms with E-state index >= 15 is 0 Å². The Bertz CT molecular complexity index is 1050. The predicted octanol–water partition coefficient (Wildman–Crippen LogP) is 5.40. The van der Waals surface area contributed by atoms with Crippen molar-refractivity contribution in [1.29, 1.82) is 0 Å². The van der Waals surface area contributed by atoms with Gasteiger partial charge in [-0.3, -0.25) is 9.59 Å². The van der Waals surface area contributed by atoms with Crippen LogP contribution in [0, 0.1) is 0 Å². The van der Waals surface area contributed by atoms with E-state index in [1.807, 2.05) is 12.1 Å². The van der Waals surface area contributed by atoms with Crippen LogP contribution in [0.25, 0.3) is 0 Å². The van der Waals surface area contributed by atoms with E-state index in [0.29, 0.717) is 23.0 Å². The number of imide groups is 1. The smallest absolute Gasteiger partial charge is 0.247 e. The van der Waals surface area contributed by atoms with Gasteiger partial charge in [0.2, 0.25) is 11.8 Å². The van der Waals surface area contributed by atoms with Crippen LogP contribution in [-0.2, 0) is 9.59 Å². The molecule has 1 aliphatic heterocycles. The first-order valence-electron chi connectivity index (χ1n) is 11.3. The number of thioether (sulfide) groups is 1. The number of hydrogen-bond donors (Lipinski definition) is 1. The molecule has 2 N–H and O–H groups in total. The molecule has 2 amide bonds. The fraction of sp³-hybridized carbons (Fsp3) is 0.360. The summed E-state index contributed by atoms with van der Waals surface area (Å²) in [5.74, 6) is 0.125. The van der Waals surface area contributed by atoms with Crippen LogP contribution in [0.1, 0.15) is 51.5 Å². The molecule has 180 valence electrons. The molecule has 0 aliphatic carbocycles. The first-order chi connectivity index (χ1) is 16.4. The molecule has 0 bridgehead atoms. The van der Waals surface area contributed by atoms with Crippen molar-refractivity contribution in [3.05, 3.63) is 59.1 Å². The molecule has 2 aromatic rings. The van der Waals surface area contributed by atoms with Crippen molar-refractivity contribution in [1.82, 2.24) is 0 Å². The fourth-order valence-corrected chi connectivity index (χ4v) is 4.36. The number of nitrogens with two attached hydrogens (primary N) is 1. The van der Waals surface area contributed by atoms with Crippen LogP contribution in [0.3, 0.4) is 0 Å². The van der Waals surface area contributed by atoms with Crippen LogP contribution in [0.4, 0.5) is 5.69 Å². The Morgan fingerprint density at radius 2 is 1.79 bits per heavy atom. The monoisotopic (exact) mass is 500 g/mol. The van der Waals surface area contributed by atoms with Crippen LogP contribution in [0.5, 0.6) is 5.75 Å². The highest BCUT2D eigenvalue weighted by Crippen LogP contribution is 2.30. The summed E-state index contributed by atoms with van der Waals surface area (Å²) in [5.41, 5.74) is 8.01. The summed E-state index contributed by atoms with van der Waals surface area (Å²) in [5, 5.41) is 8.26. The predicted molar refractivity (Wildman–Crippen MR) is 140 cm³/mol. The average molecular weight is 501 g/mol. The Kier molecular flexibility index (Phi) is 9.53. The van der Waals surface area contributed by atoms with Crippen LogP contribution in [0.15, 0.2) is 58.7 Å². The third kappa shape index (κ3) is 7.08. The number of hydrogen-bond acceptors (Lipinski definition) is 6. The molecule has 1 fully saturated rings. The third-order valence-corrected chi connectivity index (χ3v) is 6.52. The summed E-state index contributed by atoms with van der Waals surface area (Å²) >= 11 is 6.94. The molecule has 0 spiro atoms. The van der Waals surface area contributed by atoms with Gasteiger partial charge in [0.25, 0.3) is 0 Å². The molecule has 2 aromatic carbocycles. The maximum absolute atomic E-state index is 12.9. The van der Waals surface area contributed by atoms with Gasteiger partial charge in [0, 0.05) is 11.4 Å². The van der Waals surface area contributed by atoms with Gasteiger partial charge in [-0.15, -0.1) is 5.10 Å². The highest BCUT2D eigenvalue weighted by Gasteiger charge is 2.40. The number of carbonyl (C=O) groups excluding carboxylic acids is 2. The first kappa shape index (κ1) is 25.8. The van der Waals surface area contributed by atoms with Crippen molar-refractivity contribution in [3.8, 4) is 5.75 Å². The average Bonchev–Trinajstić information content (AvgIpc) is 3.10. The van der Waals surface area contributed by atoms with Gasteiger partial charge in [-0.25, -0.2) is 4.90 Å². The molecular weight excluding hydrogens is 472 g/mol. The van der Waals surface area contributed by atoms with E-state index in [9.17, 15) is 9.59 Å². The van der Waals surface area contributed by atoms with Crippen molar-refractivity contribution in [2.24, 2.45) is 15.9 Å². The van der Waals surface area contributed by atoms with Crippen molar-refractivity contribution >= 4 is 51.7 Å². The maximum Gasteiger partial charge on any atom is 0.247 e. The van der Waals surface area contributed by atoms with Crippen LogP contribution >= 0.6 is 23.4 Å². The highest BCUT2D eigenvalue weighted by molar-refractivity contribution is 8.14. The summed E-state index contributed by atoms with van der Waals surface area (Å²) < 4.78 is 5.74. The molecule has 7 nitrogen and oxygen atoms in total. The van der Waals surface area contributed by atoms with Crippen molar-refractivity contribution < 1.29 is 14.3 Å². The number of nitrogens with zero attached hydrogens (tertiary/aromatic N) is 3. The van der Waals surface area contributed by atoms with E-state index in [1.54, 1.807) is 43.3 Å². The normalized spacial score (nSPS) is 16.9. The van der Waals surface area contributed by atoms with E-state index in [1.165, 1.54) is 17.7 Å². The molecule has 1 saturated heterocycles. The van der Waals surface area contributed by atoms with Crippen LogP contribution < -0.4 is 15.4 Å². The zero-order chi connectivity index (χ0) is 24.5. The largest absolute Gasteiger partial charge is 0.494 e. The van der Waals surface area contributed by atoms with Gasteiger partial charge in [0.05, 0.1) is 18.0 Å². The second-order valence-corrected chi connectivity index (χ2v) is 9.57. The number of benzene rings is 2. The molecule has 0 unspecified atom stereocenters. The standard InChI is InChI=1S/C25H29ClN4O3S/c1-3-4-5-6-15-33-21-13-11-20(12-14-21)30-23(31)16-22(24(30)32)34-25(27)29-28-17(2)18-7-9-19(26)10-8-18/h7-14,22H,3-6,15-16H2,1-2H3,(H2,27,29)/b28-17-/t22-/m0/s1. The second-order valence-electron chi connectivity index (χ2n) is 7.91. The molecule has 1 aliphatic rings. The van der Waals surface area contributed by atoms with Gasteiger partial charge < -0.3 is 10.5 Å². The molecule has 0 aromatic heterocycles. The number of rotatable bonds is 10. The van der Waals surface area contributed by atoms with Crippen LogP contribution in [-0.4, -0.2) is 34.6 Å². The number of anilines is 1. The first-order valence-corrected chi connectivity index (χ1v) is 12.5. The minimum atomic E-state index is -0.642. The Balaban J connectivity index is 1.58. The van der Waals surface area contributed by atoms with Gasteiger partial charge >= 0.3 is 0 Å². The Hall–Kier alpha value is -2.84. The van der Waals surface area contributed by atoms with E-state index in [4.69, 9.17) is 22.1 Å². The van der Waals surface area contributed by atoms with E-state index in [2.05, 4.69) is 17.1 Å². The molecule has 0 saturated carbocycles. The Morgan fingerprint density at radius 1 is 1.09 bits per heavy atom. The van der Waals surface area contributed by atoms with E-state index in [-0.39, 0.29) is 23.4 Å². The summed E-state index contributed by atoms with van der Waals surface area (Å²) in [6, 6.07) is 14.2. The molecular formula is C25H29ClN4O3S. The zero-order valence-electron chi connectivity index (χ0n) is 19.4. The number of amidine groups is 1. The van der Waals surface area contributed by atoms with E-state index < -0.39 is 5.25 Å². The summed E-state index contributed by atoms with van der Waals surface area (Å²) in [7, 11) is 0. The lowest BCUT2D eigenvalue weighted by molar-refractivity contribution is -0.121. The number of carbonyl (C=O) groups is 2. The number of amides is 2. The second kappa shape index (κ2) is 12.6. The number of halogens is 1. The van der Waals surface area contributed by atoms with Crippen LogP contribution in [0.2, 0.25) is 5.02 Å². The Labute approximate surface area is 209 Å². The number of ether oxygens (including phenoxy) is 1. The third-order valence-electron chi connectivity index (χ3n) is 5.29. The summed E-state index contributed by atoms with van der Waals surface area (Å²) in [6.07, 6.45) is 4.58. The summed E-state index contributed by atoms with van der Waals surface area (Å²) in [4.78, 5) is 26.6. The summed E-state index contributed by atoms with van der Waals surface area (Å²) in [6.45, 7) is 4.62. The quantitative estimate of drug-likeness (QED) is 0.155. The van der Waals surface area contributed by atoms with Crippen molar-refractivity contribution in [2.45, 2.75) is 51.2 Å². The van der Waals surface area contributed by atoms with E-state index in [0.717, 1.165) is 35.9 Å². The molecule has 1 heterocycles. The van der Waals surface area contributed by atoms with Gasteiger partial charge in [-0.1, -0.05) is 61.7 Å². The lowest BCUT2D eigenvalue weighted by Crippen LogP contribution is -2.31. The fourth-order valence-electron chi connectivity index (χ4n) is 3.42. The van der Waals surface area contributed by atoms with Gasteiger partial charge in [-0.05, 0) is 55.3 Å². The lowest BCUT2D eigenvalue weighted by Gasteiger charge is -2.15. The lowest BCUT2D eigenvalue weighted by atomic mass is 10.1. The highest BCUT2D eigenvalue weighted by atomic mass is 35.5. The Morgan fingerprint density at radius 3 is 2.47 bits per heavy atom. The topological polar surface area (TPSA) is 97.3 Å². The molecule has 0 radical (unpaired) electrons. The van der Waals surface area contributed by atoms with Gasteiger partial charge in [-0.2, -0.15) is 5.10 Å². The molecule has 9 heteroatoms. The maximum atomic E-state index is 12.9. The van der Waals surface area contributed by atoms with Crippen molar-refractivity contribution in [2.75, 3.05) is 11.5 Å². The SMILES string of the molecule is CCCCCCOc1ccc(N2C(=O)C[C@H](SC(N)=N/N=C(/C)c3ccc(Cl)cc3)C2=O)cc1. The zero-order valence-corrected chi connectivity index (χ0v) is 20.9. The minimum absolute atomic E-state index is 0.0509. The molecule has 1 atom stereocenters. The van der Waals surface area contributed by atoms with Gasteiger partial charge in [0.15, 0.2) is 5.17 Å².